The Balaban J connectivity index is 1.49. The van der Waals surface area contributed by atoms with Crippen LogP contribution in [0.2, 0.25) is 0 Å². The van der Waals surface area contributed by atoms with Crippen molar-refractivity contribution >= 4 is 5.91 Å². The zero-order valence-corrected chi connectivity index (χ0v) is 15.4. The Bertz CT molecular complexity index is 813. The van der Waals surface area contributed by atoms with Gasteiger partial charge in [0, 0.05) is 37.5 Å². The topological polar surface area (TPSA) is 75.5 Å². The Morgan fingerprint density at radius 2 is 2.19 bits per heavy atom. The van der Waals surface area contributed by atoms with Crippen molar-refractivity contribution in [1.29, 1.82) is 5.26 Å². The molecule has 1 aliphatic rings. The molecule has 1 aliphatic carbocycles. The maximum atomic E-state index is 12.6. The minimum atomic E-state index is 0.150. The van der Waals surface area contributed by atoms with Gasteiger partial charge < -0.3 is 14.4 Å². The standard InChI is InChI=1S/C21H23N3O3/c1-26-20-12-16(13-22)6-9-19(20)27-11-3-5-21(25)24(18-7-8-18)15-17-4-2-10-23-14-17/h2,4,6,9-10,12,14,18H,3,5,7-8,11,15H2,1H3. The highest BCUT2D eigenvalue weighted by Gasteiger charge is 2.32. The molecular weight excluding hydrogens is 342 g/mol. The number of ether oxygens (including phenoxy) is 2. The Morgan fingerprint density at radius 1 is 1.33 bits per heavy atom. The van der Waals surface area contributed by atoms with E-state index < -0.39 is 0 Å². The third-order valence-corrected chi connectivity index (χ3v) is 4.47. The summed E-state index contributed by atoms with van der Waals surface area (Å²) in [6.07, 6.45) is 6.76. The summed E-state index contributed by atoms with van der Waals surface area (Å²) in [5.41, 5.74) is 1.57. The average Bonchev–Trinajstić information content (AvgIpc) is 3.55. The molecule has 0 aliphatic heterocycles. The molecule has 0 bridgehead atoms. The molecule has 1 saturated carbocycles. The van der Waals surface area contributed by atoms with Crippen LogP contribution in [0.1, 0.15) is 36.8 Å². The highest BCUT2D eigenvalue weighted by atomic mass is 16.5. The van der Waals surface area contributed by atoms with Crippen LogP contribution in [0.15, 0.2) is 42.7 Å². The van der Waals surface area contributed by atoms with Gasteiger partial charge in [-0.3, -0.25) is 9.78 Å². The van der Waals surface area contributed by atoms with Gasteiger partial charge in [0.25, 0.3) is 0 Å². The number of rotatable bonds is 9. The molecule has 0 spiro atoms. The Morgan fingerprint density at radius 3 is 2.85 bits per heavy atom. The smallest absolute Gasteiger partial charge is 0.223 e. The molecule has 27 heavy (non-hydrogen) atoms. The fourth-order valence-corrected chi connectivity index (χ4v) is 2.90. The van der Waals surface area contributed by atoms with Gasteiger partial charge in [-0.25, -0.2) is 0 Å². The predicted octanol–water partition coefficient (Wildman–Crippen LogP) is 3.31. The highest BCUT2D eigenvalue weighted by molar-refractivity contribution is 5.76. The molecule has 2 aromatic rings. The first kappa shape index (κ1) is 18.7. The van der Waals surface area contributed by atoms with Crippen molar-refractivity contribution in [3.8, 4) is 17.6 Å². The van der Waals surface area contributed by atoms with Gasteiger partial charge in [-0.1, -0.05) is 6.07 Å². The second-order valence-corrected chi connectivity index (χ2v) is 6.54. The fourth-order valence-electron chi connectivity index (χ4n) is 2.90. The molecule has 1 amide bonds. The average molecular weight is 365 g/mol. The molecule has 0 N–H and O–H groups in total. The number of carbonyl (C=O) groups is 1. The number of aromatic nitrogens is 1. The summed E-state index contributed by atoms with van der Waals surface area (Å²) in [7, 11) is 1.54. The van der Waals surface area contributed by atoms with Crippen LogP contribution in [0, 0.1) is 11.3 Å². The van der Waals surface area contributed by atoms with Gasteiger partial charge in [-0.05, 0) is 43.0 Å². The van der Waals surface area contributed by atoms with Crippen LogP contribution in [0.5, 0.6) is 11.5 Å². The first-order valence-electron chi connectivity index (χ1n) is 9.10. The molecule has 0 unspecified atom stereocenters. The van der Waals surface area contributed by atoms with Crippen molar-refractivity contribution in [2.24, 2.45) is 0 Å². The van der Waals surface area contributed by atoms with Crippen LogP contribution in [0.25, 0.3) is 0 Å². The van der Waals surface area contributed by atoms with E-state index in [4.69, 9.17) is 14.7 Å². The largest absolute Gasteiger partial charge is 0.493 e. The van der Waals surface area contributed by atoms with E-state index in [1.165, 1.54) is 0 Å². The monoisotopic (exact) mass is 365 g/mol. The third-order valence-electron chi connectivity index (χ3n) is 4.47. The van der Waals surface area contributed by atoms with Gasteiger partial charge in [-0.2, -0.15) is 5.26 Å². The second-order valence-electron chi connectivity index (χ2n) is 6.54. The molecule has 0 saturated heterocycles. The maximum absolute atomic E-state index is 12.6. The van der Waals surface area contributed by atoms with Crippen molar-refractivity contribution in [2.45, 2.75) is 38.3 Å². The zero-order chi connectivity index (χ0) is 19.1. The van der Waals surface area contributed by atoms with E-state index in [0.717, 1.165) is 18.4 Å². The lowest BCUT2D eigenvalue weighted by molar-refractivity contribution is -0.132. The summed E-state index contributed by atoms with van der Waals surface area (Å²) in [6, 6.07) is 11.4. The number of amides is 1. The molecule has 6 heteroatoms. The van der Waals surface area contributed by atoms with Crippen LogP contribution in [0.3, 0.4) is 0 Å². The molecule has 0 atom stereocenters. The quantitative estimate of drug-likeness (QED) is 0.637. The van der Waals surface area contributed by atoms with Crippen molar-refractivity contribution in [1.82, 2.24) is 9.88 Å². The highest BCUT2D eigenvalue weighted by Crippen LogP contribution is 2.30. The number of hydrogen-bond donors (Lipinski definition) is 0. The van der Waals surface area contributed by atoms with E-state index in [0.29, 0.717) is 49.1 Å². The maximum Gasteiger partial charge on any atom is 0.223 e. The first-order valence-corrected chi connectivity index (χ1v) is 9.10. The van der Waals surface area contributed by atoms with Gasteiger partial charge in [-0.15, -0.1) is 0 Å². The van der Waals surface area contributed by atoms with E-state index in [-0.39, 0.29) is 5.91 Å². The van der Waals surface area contributed by atoms with Gasteiger partial charge in [0.05, 0.1) is 25.3 Å². The summed E-state index contributed by atoms with van der Waals surface area (Å²) in [5, 5.41) is 8.94. The van der Waals surface area contributed by atoms with Crippen LogP contribution < -0.4 is 9.47 Å². The van der Waals surface area contributed by atoms with Gasteiger partial charge in [0.15, 0.2) is 11.5 Å². The SMILES string of the molecule is COc1cc(C#N)ccc1OCCCC(=O)N(Cc1cccnc1)C1CC1. The number of nitrogens with zero attached hydrogens (tertiary/aromatic N) is 3. The van der Waals surface area contributed by atoms with Crippen LogP contribution in [-0.4, -0.2) is 35.5 Å². The number of methoxy groups -OCH3 is 1. The summed E-state index contributed by atoms with van der Waals surface area (Å²) in [4.78, 5) is 18.7. The van der Waals surface area contributed by atoms with Gasteiger partial charge >= 0.3 is 0 Å². The third kappa shape index (κ3) is 5.20. The summed E-state index contributed by atoms with van der Waals surface area (Å²) in [6.45, 7) is 1.03. The van der Waals surface area contributed by atoms with Crippen molar-refractivity contribution in [3.05, 3.63) is 53.9 Å². The van der Waals surface area contributed by atoms with E-state index in [1.54, 1.807) is 31.5 Å². The number of pyridine rings is 1. The van der Waals surface area contributed by atoms with E-state index in [9.17, 15) is 4.79 Å². The molecule has 1 heterocycles. The zero-order valence-electron chi connectivity index (χ0n) is 15.4. The van der Waals surface area contributed by atoms with Crippen LogP contribution in [-0.2, 0) is 11.3 Å². The molecule has 1 fully saturated rings. The van der Waals surface area contributed by atoms with Crippen molar-refractivity contribution in [2.75, 3.05) is 13.7 Å². The second kappa shape index (κ2) is 9.04. The lowest BCUT2D eigenvalue weighted by Gasteiger charge is -2.22. The summed E-state index contributed by atoms with van der Waals surface area (Å²) in [5.74, 6) is 1.26. The minimum absolute atomic E-state index is 0.150. The van der Waals surface area contributed by atoms with Gasteiger partial charge in [0.1, 0.15) is 0 Å². The van der Waals surface area contributed by atoms with Crippen molar-refractivity contribution < 1.29 is 14.3 Å². The molecule has 140 valence electrons. The Kier molecular flexibility index (Phi) is 6.26. The lowest BCUT2D eigenvalue weighted by atomic mass is 10.2. The fraction of sp³-hybridized carbons (Fsp3) is 0.381. The lowest BCUT2D eigenvalue weighted by Crippen LogP contribution is -2.32. The van der Waals surface area contributed by atoms with E-state index in [2.05, 4.69) is 11.1 Å². The van der Waals surface area contributed by atoms with E-state index >= 15 is 0 Å². The molecular formula is C21H23N3O3. The minimum Gasteiger partial charge on any atom is -0.493 e. The van der Waals surface area contributed by atoms with Crippen LogP contribution >= 0.6 is 0 Å². The van der Waals surface area contributed by atoms with E-state index in [1.807, 2.05) is 23.2 Å². The Hall–Kier alpha value is -3.07. The van der Waals surface area contributed by atoms with Crippen molar-refractivity contribution in [3.63, 3.8) is 0 Å². The normalized spacial score (nSPS) is 12.9. The Labute approximate surface area is 159 Å². The first-order chi connectivity index (χ1) is 13.2. The summed E-state index contributed by atoms with van der Waals surface area (Å²) < 4.78 is 11.0. The van der Waals surface area contributed by atoms with Crippen LogP contribution in [0.4, 0.5) is 0 Å². The number of hydrogen-bond acceptors (Lipinski definition) is 5. The van der Waals surface area contributed by atoms with Gasteiger partial charge in [0.2, 0.25) is 5.91 Å². The molecule has 6 nitrogen and oxygen atoms in total. The number of carbonyl (C=O) groups excluding carboxylic acids is 1. The predicted molar refractivity (Wildman–Crippen MR) is 100 cm³/mol. The molecule has 0 radical (unpaired) electrons. The number of nitriles is 1. The summed E-state index contributed by atoms with van der Waals surface area (Å²) >= 11 is 0. The number of benzene rings is 1. The molecule has 1 aromatic heterocycles. The molecule has 3 rings (SSSR count). The molecule has 1 aromatic carbocycles.